The number of halogens is 3. The summed E-state index contributed by atoms with van der Waals surface area (Å²) in [6.45, 7) is 1.65. The second-order valence-corrected chi connectivity index (χ2v) is 3.03. The van der Waals surface area contributed by atoms with E-state index in [-0.39, 0.29) is 11.5 Å². The minimum absolute atomic E-state index is 0.0605. The Bertz CT molecular complexity index is 484. The van der Waals surface area contributed by atoms with Crippen molar-refractivity contribution in [3.05, 3.63) is 41.5 Å². The molecule has 1 heterocycles. The lowest BCUT2D eigenvalue weighted by molar-refractivity contribution is 0.446. The maximum atomic E-state index is 12.8. The molecule has 1 aromatic carbocycles. The first kappa shape index (κ1) is 9.76. The Morgan fingerprint density at radius 1 is 1.13 bits per heavy atom. The molecule has 0 bridgehead atoms. The summed E-state index contributed by atoms with van der Waals surface area (Å²) in [5.41, 5.74) is 0.0690. The number of oxazole rings is 1. The minimum Gasteiger partial charge on any atom is -0.441 e. The van der Waals surface area contributed by atoms with Crippen LogP contribution in [-0.2, 0) is 0 Å². The van der Waals surface area contributed by atoms with Crippen LogP contribution in [0.2, 0.25) is 0 Å². The van der Waals surface area contributed by atoms with E-state index in [1.54, 1.807) is 6.92 Å². The van der Waals surface area contributed by atoms with Crippen LogP contribution < -0.4 is 0 Å². The summed E-state index contributed by atoms with van der Waals surface area (Å²) in [6.07, 6.45) is 1.41. The molecule has 0 aliphatic carbocycles. The summed E-state index contributed by atoms with van der Waals surface area (Å²) >= 11 is 0. The second kappa shape index (κ2) is 3.42. The van der Waals surface area contributed by atoms with E-state index < -0.39 is 17.5 Å². The molecule has 1 aromatic heterocycles. The number of hydrogen-bond donors (Lipinski definition) is 0. The van der Waals surface area contributed by atoms with Gasteiger partial charge >= 0.3 is 0 Å². The standard InChI is InChI=1S/C10H6F3NO/c1-5-4-14-10(15-5)6-2-7(11)9(13)8(12)3-6/h2-4H,1H3. The normalized spacial score (nSPS) is 10.7. The van der Waals surface area contributed by atoms with Crippen LogP contribution in [0.1, 0.15) is 5.76 Å². The molecule has 0 spiro atoms. The monoisotopic (exact) mass is 213 g/mol. The van der Waals surface area contributed by atoms with Crippen LogP contribution in [0.5, 0.6) is 0 Å². The van der Waals surface area contributed by atoms with Crippen molar-refractivity contribution in [2.24, 2.45) is 0 Å². The molecule has 0 radical (unpaired) electrons. The predicted octanol–water partition coefficient (Wildman–Crippen LogP) is 3.07. The number of nitrogens with zero attached hydrogens (tertiary/aromatic N) is 1. The second-order valence-electron chi connectivity index (χ2n) is 3.03. The highest BCUT2D eigenvalue weighted by Crippen LogP contribution is 2.23. The van der Waals surface area contributed by atoms with Crippen LogP contribution in [0.15, 0.2) is 22.7 Å². The molecule has 15 heavy (non-hydrogen) atoms. The number of aromatic nitrogens is 1. The van der Waals surface area contributed by atoms with E-state index in [0.717, 1.165) is 12.1 Å². The molecular formula is C10H6F3NO. The number of benzene rings is 1. The van der Waals surface area contributed by atoms with Crippen molar-refractivity contribution < 1.29 is 17.6 Å². The molecule has 0 aliphatic heterocycles. The van der Waals surface area contributed by atoms with Gasteiger partial charge in [0.05, 0.1) is 6.20 Å². The third kappa shape index (κ3) is 1.72. The van der Waals surface area contributed by atoms with Crippen LogP contribution >= 0.6 is 0 Å². The van der Waals surface area contributed by atoms with E-state index in [0.29, 0.717) is 5.76 Å². The van der Waals surface area contributed by atoms with Crippen LogP contribution in [0, 0.1) is 24.4 Å². The van der Waals surface area contributed by atoms with Crippen molar-refractivity contribution in [1.82, 2.24) is 4.98 Å². The zero-order valence-corrected chi connectivity index (χ0v) is 7.72. The lowest BCUT2D eigenvalue weighted by Gasteiger charge is -1.98. The third-order valence-electron chi connectivity index (χ3n) is 1.85. The Morgan fingerprint density at radius 3 is 2.20 bits per heavy atom. The summed E-state index contributed by atoms with van der Waals surface area (Å²) in [6, 6.07) is 1.67. The first-order chi connectivity index (χ1) is 7.08. The van der Waals surface area contributed by atoms with Crippen molar-refractivity contribution in [3.8, 4) is 11.5 Å². The van der Waals surface area contributed by atoms with Gasteiger partial charge in [0.2, 0.25) is 5.89 Å². The number of hydrogen-bond acceptors (Lipinski definition) is 2. The summed E-state index contributed by atoms with van der Waals surface area (Å²) in [5, 5.41) is 0. The molecule has 2 rings (SSSR count). The maximum absolute atomic E-state index is 12.8. The van der Waals surface area contributed by atoms with Crippen molar-refractivity contribution in [3.63, 3.8) is 0 Å². The van der Waals surface area contributed by atoms with Crippen molar-refractivity contribution in [1.29, 1.82) is 0 Å². The van der Waals surface area contributed by atoms with Gasteiger partial charge in [-0.1, -0.05) is 0 Å². The van der Waals surface area contributed by atoms with Crippen LogP contribution in [0.25, 0.3) is 11.5 Å². The van der Waals surface area contributed by atoms with Gasteiger partial charge in [-0.05, 0) is 19.1 Å². The summed E-state index contributed by atoms with van der Waals surface area (Å²) in [5.74, 6) is -3.45. The Morgan fingerprint density at radius 2 is 1.73 bits per heavy atom. The van der Waals surface area contributed by atoms with Crippen molar-refractivity contribution >= 4 is 0 Å². The summed E-state index contributed by atoms with van der Waals surface area (Å²) in [7, 11) is 0. The molecular weight excluding hydrogens is 207 g/mol. The smallest absolute Gasteiger partial charge is 0.226 e. The highest BCUT2D eigenvalue weighted by atomic mass is 19.2. The number of rotatable bonds is 1. The van der Waals surface area contributed by atoms with Crippen molar-refractivity contribution in [2.75, 3.05) is 0 Å². The van der Waals surface area contributed by atoms with E-state index in [2.05, 4.69) is 4.98 Å². The first-order valence-corrected chi connectivity index (χ1v) is 4.15. The van der Waals surface area contributed by atoms with Crippen LogP contribution in [-0.4, -0.2) is 4.98 Å². The highest BCUT2D eigenvalue weighted by molar-refractivity contribution is 5.53. The average molecular weight is 213 g/mol. The molecule has 0 unspecified atom stereocenters. The van der Waals surface area contributed by atoms with Gasteiger partial charge < -0.3 is 4.42 Å². The van der Waals surface area contributed by atoms with Crippen LogP contribution in [0.4, 0.5) is 13.2 Å². The Hall–Kier alpha value is -1.78. The Kier molecular flexibility index (Phi) is 2.22. The topological polar surface area (TPSA) is 26.0 Å². The molecule has 2 aromatic rings. The maximum Gasteiger partial charge on any atom is 0.226 e. The van der Waals surface area contributed by atoms with Gasteiger partial charge in [-0.2, -0.15) is 0 Å². The largest absolute Gasteiger partial charge is 0.441 e. The molecule has 2 nitrogen and oxygen atoms in total. The Balaban J connectivity index is 2.55. The lowest BCUT2D eigenvalue weighted by Crippen LogP contribution is -1.91. The molecule has 0 N–H and O–H groups in total. The van der Waals surface area contributed by atoms with E-state index in [1.165, 1.54) is 6.20 Å². The zero-order chi connectivity index (χ0) is 11.0. The fourth-order valence-corrected chi connectivity index (χ4v) is 1.17. The molecule has 0 atom stereocenters. The lowest BCUT2D eigenvalue weighted by atomic mass is 10.2. The molecule has 0 saturated heterocycles. The van der Waals surface area contributed by atoms with Gasteiger partial charge in [-0.15, -0.1) is 0 Å². The zero-order valence-electron chi connectivity index (χ0n) is 7.72. The first-order valence-electron chi connectivity index (χ1n) is 4.15. The van der Waals surface area contributed by atoms with E-state index in [9.17, 15) is 13.2 Å². The van der Waals surface area contributed by atoms with E-state index in [4.69, 9.17) is 4.42 Å². The van der Waals surface area contributed by atoms with E-state index >= 15 is 0 Å². The third-order valence-corrected chi connectivity index (χ3v) is 1.85. The highest BCUT2D eigenvalue weighted by Gasteiger charge is 2.14. The number of aryl methyl sites for hydroxylation is 1. The van der Waals surface area contributed by atoms with E-state index in [1.807, 2.05) is 0 Å². The predicted molar refractivity (Wildman–Crippen MR) is 46.6 cm³/mol. The van der Waals surface area contributed by atoms with Gasteiger partial charge in [-0.25, -0.2) is 18.2 Å². The fraction of sp³-hybridized carbons (Fsp3) is 0.100. The quantitative estimate of drug-likeness (QED) is 0.680. The molecule has 0 saturated carbocycles. The minimum atomic E-state index is -1.50. The molecule has 0 aliphatic rings. The van der Waals surface area contributed by atoms with Crippen molar-refractivity contribution in [2.45, 2.75) is 6.92 Å². The summed E-state index contributed by atoms with van der Waals surface area (Å²) in [4.78, 5) is 3.78. The van der Waals surface area contributed by atoms with Gasteiger partial charge in [-0.3, -0.25) is 0 Å². The molecule has 78 valence electrons. The SMILES string of the molecule is Cc1cnc(-c2cc(F)c(F)c(F)c2)o1. The average Bonchev–Trinajstić information content (AvgIpc) is 2.60. The molecule has 0 amide bonds. The molecule has 0 fully saturated rings. The van der Waals surface area contributed by atoms with Gasteiger partial charge in [0.1, 0.15) is 5.76 Å². The van der Waals surface area contributed by atoms with Gasteiger partial charge in [0.25, 0.3) is 0 Å². The van der Waals surface area contributed by atoms with Gasteiger partial charge in [0.15, 0.2) is 17.5 Å². The Labute approximate surface area is 83.4 Å². The van der Waals surface area contributed by atoms with Crippen LogP contribution in [0.3, 0.4) is 0 Å². The summed E-state index contributed by atoms with van der Waals surface area (Å²) < 4.78 is 43.4. The van der Waals surface area contributed by atoms with Gasteiger partial charge in [0, 0.05) is 5.56 Å². The fourth-order valence-electron chi connectivity index (χ4n) is 1.17. The molecule has 5 heteroatoms.